The normalized spacial score (nSPS) is 20.6. The van der Waals surface area contributed by atoms with Crippen molar-refractivity contribution in [3.63, 3.8) is 0 Å². The van der Waals surface area contributed by atoms with Gasteiger partial charge in [0.25, 0.3) is 5.69 Å². The number of hydrogen-bond donors (Lipinski definition) is 2. The molecule has 2 aliphatic rings. The van der Waals surface area contributed by atoms with Gasteiger partial charge in [0.2, 0.25) is 5.88 Å². The third kappa shape index (κ3) is 6.07. The van der Waals surface area contributed by atoms with Crippen LogP contribution in [0.1, 0.15) is 31.2 Å². The van der Waals surface area contributed by atoms with Crippen LogP contribution in [0.4, 0.5) is 35.0 Å². The summed E-state index contributed by atoms with van der Waals surface area (Å²) in [5.74, 6) is 0.467. The summed E-state index contributed by atoms with van der Waals surface area (Å²) in [6.07, 6.45) is -1.56. The lowest BCUT2D eigenvalue weighted by molar-refractivity contribution is -0.388. The van der Waals surface area contributed by atoms with Gasteiger partial charge in [-0.15, -0.1) is 0 Å². The van der Waals surface area contributed by atoms with E-state index >= 15 is 0 Å². The van der Waals surface area contributed by atoms with E-state index in [0.29, 0.717) is 57.7 Å². The van der Waals surface area contributed by atoms with Crippen molar-refractivity contribution in [3.05, 3.63) is 52.2 Å². The standard InChI is InChI=1S/C23H26F3N5O5/c24-23(25,26)19-13-16(3-6-20(19)31(34)35)28-15-1-4-18(5-2-15)36-21-14-17(7-8-27-21)29-9-11-30(12-10-29)22(32)33/h3,6-8,13-15,18,28H,1-2,4-5,9-12H2,(H,32,33). The molecule has 0 unspecified atom stereocenters. The van der Waals surface area contributed by atoms with Crippen molar-refractivity contribution >= 4 is 23.2 Å². The maximum atomic E-state index is 13.2. The van der Waals surface area contributed by atoms with Crippen molar-refractivity contribution in [2.24, 2.45) is 0 Å². The van der Waals surface area contributed by atoms with Crippen molar-refractivity contribution in [2.45, 2.75) is 44.0 Å². The SMILES string of the molecule is O=C(O)N1CCN(c2ccnc(OC3CCC(Nc4ccc([N+](=O)[O-])c(C(F)(F)F)c4)CC3)c2)CC1. The number of ether oxygens (including phenoxy) is 1. The summed E-state index contributed by atoms with van der Waals surface area (Å²) in [6, 6.07) is 6.55. The molecule has 1 aromatic carbocycles. The van der Waals surface area contributed by atoms with Gasteiger partial charge in [-0.25, -0.2) is 9.78 Å². The van der Waals surface area contributed by atoms with Crippen molar-refractivity contribution < 1.29 is 32.7 Å². The van der Waals surface area contributed by atoms with Gasteiger partial charge in [-0.3, -0.25) is 10.1 Å². The smallest absolute Gasteiger partial charge is 0.423 e. The van der Waals surface area contributed by atoms with Gasteiger partial charge >= 0.3 is 12.3 Å². The molecule has 1 aliphatic heterocycles. The van der Waals surface area contributed by atoms with E-state index < -0.39 is 28.4 Å². The van der Waals surface area contributed by atoms with E-state index in [9.17, 15) is 28.1 Å². The third-order valence-electron chi connectivity index (χ3n) is 6.46. The molecular formula is C23H26F3N5O5. The van der Waals surface area contributed by atoms with Gasteiger partial charge in [-0.1, -0.05) is 0 Å². The fourth-order valence-electron chi connectivity index (χ4n) is 4.56. The Hall–Kier alpha value is -3.77. The molecule has 0 radical (unpaired) electrons. The molecule has 1 saturated carbocycles. The minimum atomic E-state index is -4.82. The van der Waals surface area contributed by atoms with Gasteiger partial charge in [0.05, 0.1) is 4.92 Å². The molecule has 0 bridgehead atoms. The van der Waals surface area contributed by atoms with E-state index in [-0.39, 0.29) is 17.8 Å². The van der Waals surface area contributed by atoms with Gasteiger partial charge in [0, 0.05) is 61.9 Å². The molecule has 1 aliphatic carbocycles. The van der Waals surface area contributed by atoms with Gasteiger partial charge in [0.15, 0.2) is 0 Å². The summed E-state index contributed by atoms with van der Waals surface area (Å²) in [7, 11) is 0. The number of hydrogen-bond acceptors (Lipinski definition) is 7. The first-order chi connectivity index (χ1) is 17.1. The van der Waals surface area contributed by atoms with Crippen LogP contribution in [0, 0.1) is 10.1 Å². The number of carboxylic acid groups (broad SMARTS) is 1. The molecule has 4 rings (SSSR count). The number of amides is 1. The number of nitrogens with zero attached hydrogens (tertiary/aromatic N) is 4. The highest BCUT2D eigenvalue weighted by molar-refractivity contribution is 5.65. The summed E-state index contributed by atoms with van der Waals surface area (Å²) in [5, 5.41) is 23.1. The molecule has 36 heavy (non-hydrogen) atoms. The number of anilines is 2. The van der Waals surface area contributed by atoms with E-state index in [2.05, 4.69) is 15.2 Å². The molecule has 2 fully saturated rings. The van der Waals surface area contributed by atoms with Gasteiger partial charge < -0.3 is 25.0 Å². The first-order valence-electron chi connectivity index (χ1n) is 11.6. The Kier molecular flexibility index (Phi) is 7.36. The number of rotatable bonds is 6. The second-order valence-corrected chi connectivity index (χ2v) is 8.83. The monoisotopic (exact) mass is 509 g/mol. The molecule has 0 spiro atoms. The van der Waals surface area contributed by atoms with Gasteiger partial charge in [0.1, 0.15) is 11.7 Å². The highest BCUT2D eigenvalue weighted by Crippen LogP contribution is 2.38. The highest BCUT2D eigenvalue weighted by atomic mass is 19.4. The van der Waals surface area contributed by atoms with Crippen LogP contribution in [0.5, 0.6) is 5.88 Å². The number of benzene rings is 1. The summed E-state index contributed by atoms with van der Waals surface area (Å²) >= 11 is 0. The predicted octanol–water partition coefficient (Wildman–Crippen LogP) is 4.61. The Morgan fingerprint density at radius 1 is 1.11 bits per heavy atom. The van der Waals surface area contributed by atoms with E-state index in [1.54, 1.807) is 6.20 Å². The molecular weight excluding hydrogens is 483 g/mol. The Morgan fingerprint density at radius 2 is 1.81 bits per heavy atom. The summed E-state index contributed by atoms with van der Waals surface area (Å²) in [6.45, 7) is 1.99. The molecule has 1 saturated heterocycles. The molecule has 13 heteroatoms. The summed E-state index contributed by atoms with van der Waals surface area (Å²) in [4.78, 5) is 28.7. The van der Waals surface area contributed by atoms with Crippen molar-refractivity contribution in [1.82, 2.24) is 9.88 Å². The van der Waals surface area contributed by atoms with Gasteiger partial charge in [-0.05, 0) is 43.9 Å². The van der Waals surface area contributed by atoms with Crippen LogP contribution < -0.4 is 15.0 Å². The van der Waals surface area contributed by atoms with E-state index in [1.165, 1.54) is 11.0 Å². The van der Waals surface area contributed by atoms with Gasteiger partial charge in [-0.2, -0.15) is 13.2 Å². The van der Waals surface area contributed by atoms with Crippen LogP contribution in [-0.2, 0) is 6.18 Å². The molecule has 2 N–H and O–H groups in total. The Morgan fingerprint density at radius 3 is 2.42 bits per heavy atom. The molecule has 1 amide bonds. The highest BCUT2D eigenvalue weighted by Gasteiger charge is 2.38. The van der Waals surface area contributed by atoms with E-state index in [0.717, 1.165) is 17.8 Å². The van der Waals surface area contributed by atoms with Crippen molar-refractivity contribution in [3.8, 4) is 5.88 Å². The van der Waals surface area contributed by atoms with Crippen molar-refractivity contribution in [1.29, 1.82) is 0 Å². The lowest BCUT2D eigenvalue weighted by atomic mass is 9.92. The Bertz CT molecular complexity index is 1100. The lowest BCUT2D eigenvalue weighted by Gasteiger charge is -2.34. The quantitative estimate of drug-likeness (QED) is 0.428. The maximum Gasteiger partial charge on any atom is 0.423 e. The summed E-state index contributed by atoms with van der Waals surface area (Å²) < 4.78 is 45.8. The largest absolute Gasteiger partial charge is 0.474 e. The van der Waals surface area contributed by atoms with Crippen LogP contribution in [0.3, 0.4) is 0 Å². The van der Waals surface area contributed by atoms with Crippen LogP contribution in [-0.4, -0.2) is 64.3 Å². The first kappa shape index (κ1) is 25.3. The van der Waals surface area contributed by atoms with E-state index in [4.69, 9.17) is 9.84 Å². The number of halogens is 3. The topological polar surface area (TPSA) is 121 Å². The zero-order chi connectivity index (χ0) is 25.9. The number of nitrogens with one attached hydrogen (secondary N) is 1. The fourth-order valence-corrected chi connectivity index (χ4v) is 4.56. The molecule has 2 aromatic rings. The number of alkyl halides is 3. The Balaban J connectivity index is 1.31. The second-order valence-electron chi connectivity index (χ2n) is 8.83. The molecule has 10 nitrogen and oxygen atoms in total. The number of aromatic nitrogens is 1. The van der Waals surface area contributed by atoms with Crippen LogP contribution in [0.15, 0.2) is 36.5 Å². The first-order valence-corrected chi connectivity index (χ1v) is 11.6. The number of nitro benzene ring substituents is 1. The van der Waals surface area contributed by atoms with E-state index in [1.807, 2.05) is 12.1 Å². The van der Waals surface area contributed by atoms with Crippen LogP contribution >= 0.6 is 0 Å². The fraction of sp³-hybridized carbons (Fsp3) is 0.478. The third-order valence-corrected chi connectivity index (χ3v) is 6.46. The summed E-state index contributed by atoms with van der Waals surface area (Å²) in [5.41, 5.74) is -1.15. The average molecular weight is 509 g/mol. The average Bonchev–Trinajstić information content (AvgIpc) is 2.85. The zero-order valence-corrected chi connectivity index (χ0v) is 19.3. The molecule has 0 atom stereocenters. The van der Waals surface area contributed by atoms with Crippen LogP contribution in [0.25, 0.3) is 0 Å². The van der Waals surface area contributed by atoms with Crippen LogP contribution in [0.2, 0.25) is 0 Å². The predicted molar refractivity (Wildman–Crippen MR) is 124 cm³/mol. The molecule has 194 valence electrons. The number of carbonyl (C=O) groups is 1. The minimum absolute atomic E-state index is 0.0859. The number of pyridine rings is 1. The number of piperazine rings is 1. The molecule has 1 aromatic heterocycles. The number of nitro groups is 1. The zero-order valence-electron chi connectivity index (χ0n) is 19.3. The van der Waals surface area contributed by atoms with Crippen molar-refractivity contribution in [2.75, 3.05) is 36.4 Å². The Labute approximate surface area is 204 Å². The second kappa shape index (κ2) is 10.5. The minimum Gasteiger partial charge on any atom is -0.474 e. The lowest BCUT2D eigenvalue weighted by Crippen LogP contribution is -2.48. The maximum absolute atomic E-state index is 13.2. The molecule has 2 heterocycles.